The molecule has 30 heavy (non-hydrogen) atoms. The van der Waals surface area contributed by atoms with Gasteiger partial charge in [-0.2, -0.15) is 0 Å². The molecule has 4 aromatic rings. The molecule has 0 bridgehead atoms. The molecule has 0 aliphatic heterocycles. The number of pyridine rings is 1. The minimum atomic E-state index is -0.306. The number of ether oxygens (including phenoxy) is 1. The monoisotopic (exact) mass is 419 g/mol. The number of nitrogens with one attached hydrogen (secondary N) is 1. The second kappa shape index (κ2) is 8.39. The first kappa shape index (κ1) is 19.7. The van der Waals surface area contributed by atoms with Crippen LogP contribution in [0, 0.1) is 6.92 Å². The number of benzene rings is 2. The highest BCUT2D eigenvalue weighted by Crippen LogP contribution is 2.25. The Morgan fingerprint density at radius 2 is 1.90 bits per heavy atom. The second-order valence-corrected chi connectivity index (χ2v) is 7.12. The zero-order valence-electron chi connectivity index (χ0n) is 16.1. The topological polar surface area (TPSA) is 72.7 Å². The fourth-order valence-electron chi connectivity index (χ4n) is 3.01. The van der Waals surface area contributed by atoms with Crippen molar-refractivity contribution >= 4 is 28.8 Å². The van der Waals surface area contributed by atoms with E-state index in [1.165, 1.54) is 10.5 Å². The van der Waals surface area contributed by atoms with E-state index in [1.807, 2.05) is 19.1 Å². The summed E-state index contributed by atoms with van der Waals surface area (Å²) in [5.41, 5.74) is 2.77. The molecule has 0 spiro atoms. The van der Waals surface area contributed by atoms with Crippen molar-refractivity contribution < 1.29 is 9.53 Å². The number of fused-ring (bicyclic) bond motifs is 1. The van der Waals surface area contributed by atoms with Gasteiger partial charge in [0.1, 0.15) is 18.0 Å². The minimum Gasteiger partial charge on any atom is -0.487 e. The summed E-state index contributed by atoms with van der Waals surface area (Å²) < 4.78 is 7.36. The first-order chi connectivity index (χ1) is 14.5. The molecule has 0 fully saturated rings. The van der Waals surface area contributed by atoms with Gasteiger partial charge in [0.2, 0.25) is 0 Å². The van der Waals surface area contributed by atoms with Gasteiger partial charge in [-0.15, -0.1) is 0 Å². The van der Waals surface area contributed by atoms with E-state index in [4.69, 9.17) is 16.3 Å². The van der Waals surface area contributed by atoms with Crippen LogP contribution in [0.4, 0.5) is 5.69 Å². The molecule has 2 heterocycles. The lowest BCUT2D eigenvalue weighted by atomic mass is 10.1. The molecular weight excluding hydrogens is 402 g/mol. The predicted octanol–water partition coefficient (Wildman–Crippen LogP) is 4.49. The summed E-state index contributed by atoms with van der Waals surface area (Å²) in [6, 6.07) is 19.0. The summed E-state index contributed by atoms with van der Waals surface area (Å²) in [6.45, 7) is 2.03. The van der Waals surface area contributed by atoms with E-state index >= 15 is 0 Å². The van der Waals surface area contributed by atoms with E-state index in [2.05, 4.69) is 10.3 Å². The summed E-state index contributed by atoms with van der Waals surface area (Å²) in [5, 5.41) is 3.21. The van der Waals surface area contributed by atoms with Crippen LogP contribution in [0.25, 0.3) is 5.65 Å². The Morgan fingerprint density at radius 1 is 1.10 bits per heavy atom. The summed E-state index contributed by atoms with van der Waals surface area (Å²) in [5.74, 6) is 0.279. The Kier molecular flexibility index (Phi) is 5.50. The van der Waals surface area contributed by atoms with Crippen molar-refractivity contribution in [3.8, 4) is 5.75 Å². The third-order valence-corrected chi connectivity index (χ3v) is 4.89. The van der Waals surface area contributed by atoms with Crippen molar-refractivity contribution in [2.75, 3.05) is 5.32 Å². The minimum absolute atomic E-state index is 0.128. The number of carbonyl (C=O) groups is 1. The van der Waals surface area contributed by atoms with Crippen LogP contribution in [0.15, 0.2) is 77.7 Å². The Hall–Kier alpha value is -3.64. The fourth-order valence-corrected chi connectivity index (χ4v) is 3.23. The van der Waals surface area contributed by atoms with Crippen molar-refractivity contribution in [1.82, 2.24) is 9.38 Å². The van der Waals surface area contributed by atoms with Crippen molar-refractivity contribution in [3.63, 3.8) is 0 Å². The molecule has 6 nitrogen and oxygen atoms in total. The van der Waals surface area contributed by atoms with Gasteiger partial charge >= 0.3 is 0 Å². The molecule has 0 aliphatic rings. The quantitative estimate of drug-likeness (QED) is 0.517. The highest BCUT2D eigenvalue weighted by molar-refractivity contribution is 6.34. The largest absolute Gasteiger partial charge is 0.487 e. The summed E-state index contributed by atoms with van der Waals surface area (Å²) in [6.07, 6.45) is 1.67. The number of halogens is 1. The van der Waals surface area contributed by atoms with Crippen molar-refractivity contribution in [1.29, 1.82) is 0 Å². The van der Waals surface area contributed by atoms with Gasteiger partial charge in [-0.05, 0) is 42.8 Å². The first-order valence-corrected chi connectivity index (χ1v) is 9.66. The van der Waals surface area contributed by atoms with Crippen LogP contribution in [0.3, 0.4) is 0 Å². The highest BCUT2D eigenvalue weighted by Gasteiger charge is 2.11. The molecule has 1 amide bonds. The molecule has 0 saturated carbocycles. The van der Waals surface area contributed by atoms with Crippen LogP contribution in [-0.4, -0.2) is 15.3 Å². The molecule has 4 rings (SSSR count). The summed E-state index contributed by atoms with van der Waals surface area (Å²) in [4.78, 5) is 29.2. The zero-order valence-corrected chi connectivity index (χ0v) is 16.9. The van der Waals surface area contributed by atoms with Crippen molar-refractivity contribution in [2.24, 2.45) is 0 Å². The van der Waals surface area contributed by atoms with Gasteiger partial charge in [-0.1, -0.05) is 35.9 Å². The van der Waals surface area contributed by atoms with E-state index in [-0.39, 0.29) is 18.1 Å². The number of nitrogens with zero attached hydrogens (tertiary/aromatic N) is 2. The Bertz CT molecular complexity index is 1300. The molecule has 2 aromatic heterocycles. The van der Waals surface area contributed by atoms with Gasteiger partial charge in [0.25, 0.3) is 11.5 Å². The molecule has 0 radical (unpaired) electrons. The molecule has 2 aromatic carbocycles. The highest BCUT2D eigenvalue weighted by atomic mass is 35.5. The molecule has 0 saturated heterocycles. The lowest BCUT2D eigenvalue weighted by molar-refractivity contribution is 0.102. The van der Waals surface area contributed by atoms with E-state index in [1.54, 1.807) is 54.7 Å². The summed E-state index contributed by atoms with van der Waals surface area (Å²) >= 11 is 6.09. The Balaban J connectivity index is 1.52. The fraction of sp³-hybridized carbons (Fsp3) is 0.0870. The van der Waals surface area contributed by atoms with Crippen molar-refractivity contribution in [3.05, 3.63) is 105 Å². The van der Waals surface area contributed by atoms with Gasteiger partial charge < -0.3 is 10.1 Å². The number of amides is 1. The number of rotatable bonds is 5. The molecule has 0 atom stereocenters. The van der Waals surface area contributed by atoms with Gasteiger partial charge in [0.15, 0.2) is 0 Å². The van der Waals surface area contributed by atoms with Crippen LogP contribution in [-0.2, 0) is 6.61 Å². The molecule has 150 valence electrons. The lowest BCUT2D eigenvalue weighted by Gasteiger charge is -2.12. The number of anilines is 1. The molecule has 0 unspecified atom stereocenters. The van der Waals surface area contributed by atoms with E-state index in [0.717, 1.165) is 5.56 Å². The maximum atomic E-state index is 12.5. The third-order valence-electron chi connectivity index (χ3n) is 4.56. The molecule has 1 N–H and O–H groups in total. The average Bonchev–Trinajstić information content (AvgIpc) is 2.74. The Labute approximate surface area is 177 Å². The normalized spacial score (nSPS) is 10.7. The van der Waals surface area contributed by atoms with Crippen LogP contribution < -0.4 is 15.6 Å². The summed E-state index contributed by atoms with van der Waals surface area (Å²) in [7, 11) is 0. The zero-order chi connectivity index (χ0) is 21.1. The second-order valence-electron chi connectivity index (χ2n) is 6.72. The Morgan fingerprint density at radius 3 is 2.73 bits per heavy atom. The number of carbonyl (C=O) groups excluding carboxylic acids is 1. The van der Waals surface area contributed by atoms with Gasteiger partial charge in [-0.3, -0.25) is 14.0 Å². The van der Waals surface area contributed by atoms with Crippen LogP contribution in [0.5, 0.6) is 5.75 Å². The van der Waals surface area contributed by atoms with Gasteiger partial charge in [0, 0.05) is 24.0 Å². The van der Waals surface area contributed by atoms with Crippen molar-refractivity contribution in [2.45, 2.75) is 13.5 Å². The number of hydrogen-bond donors (Lipinski definition) is 1. The average molecular weight is 420 g/mol. The standard InChI is InChI=1S/C23H18ClN3O3/c1-15-9-10-16(26-23(29)18-6-2-3-7-19(18)24)12-20(15)30-14-17-13-22(28)27-11-5-4-8-21(27)25-17/h2-13H,14H2,1H3,(H,26,29). The van der Waals surface area contributed by atoms with Crippen LogP contribution >= 0.6 is 11.6 Å². The first-order valence-electron chi connectivity index (χ1n) is 9.28. The smallest absolute Gasteiger partial charge is 0.258 e. The molecular formula is C23H18ClN3O3. The SMILES string of the molecule is Cc1ccc(NC(=O)c2ccccc2Cl)cc1OCc1cc(=O)n2ccccc2n1. The van der Waals surface area contributed by atoms with Crippen LogP contribution in [0.1, 0.15) is 21.6 Å². The van der Waals surface area contributed by atoms with E-state index < -0.39 is 0 Å². The molecule has 7 heteroatoms. The third kappa shape index (κ3) is 4.18. The predicted molar refractivity (Wildman–Crippen MR) is 116 cm³/mol. The maximum absolute atomic E-state index is 12.5. The maximum Gasteiger partial charge on any atom is 0.258 e. The van der Waals surface area contributed by atoms with Crippen LogP contribution in [0.2, 0.25) is 5.02 Å². The molecule has 0 aliphatic carbocycles. The van der Waals surface area contributed by atoms with E-state index in [0.29, 0.717) is 33.4 Å². The van der Waals surface area contributed by atoms with Gasteiger partial charge in [0.05, 0.1) is 16.3 Å². The number of aryl methyl sites for hydroxylation is 1. The van der Waals surface area contributed by atoms with Gasteiger partial charge in [-0.25, -0.2) is 4.98 Å². The lowest BCUT2D eigenvalue weighted by Crippen LogP contribution is -2.16. The number of hydrogen-bond acceptors (Lipinski definition) is 4. The van der Waals surface area contributed by atoms with E-state index in [9.17, 15) is 9.59 Å². The number of aromatic nitrogens is 2.